The fraction of sp³-hybridized carbons (Fsp3) is 0.259. The summed E-state index contributed by atoms with van der Waals surface area (Å²) in [5.74, 6) is 0. The van der Waals surface area contributed by atoms with E-state index in [2.05, 4.69) is 102 Å². The van der Waals surface area contributed by atoms with Crippen molar-refractivity contribution < 1.29 is 0 Å². The lowest BCUT2D eigenvalue weighted by atomic mass is 9.96. The minimum Gasteiger partial charge on any atom is -0.343 e. The number of aryl methyl sites for hydroxylation is 2. The summed E-state index contributed by atoms with van der Waals surface area (Å²) in [6.07, 6.45) is 2.48. The second-order valence-electron chi connectivity index (χ2n) is 8.32. The van der Waals surface area contributed by atoms with E-state index in [1.807, 2.05) is 0 Å². The molecule has 146 valence electrons. The first-order chi connectivity index (χ1) is 14.2. The van der Waals surface area contributed by atoms with Gasteiger partial charge in [0.05, 0.1) is 5.69 Å². The molecule has 2 heteroatoms. The predicted molar refractivity (Wildman–Crippen MR) is 122 cm³/mol. The lowest BCUT2D eigenvalue weighted by Crippen LogP contribution is -2.23. The molecule has 5 rings (SSSR count). The first kappa shape index (κ1) is 18.2. The average molecular weight is 381 g/mol. The fourth-order valence-electron chi connectivity index (χ4n) is 4.98. The number of fused-ring (bicyclic) bond motifs is 1. The second kappa shape index (κ2) is 7.53. The number of likely N-dealkylation sites (tertiary alicyclic amines) is 1. The molecule has 2 nitrogen and oxygen atoms in total. The predicted octanol–water partition coefficient (Wildman–Crippen LogP) is 6.49. The number of benzene rings is 3. The van der Waals surface area contributed by atoms with Gasteiger partial charge in [-0.05, 0) is 43.5 Å². The summed E-state index contributed by atoms with van der Waals surface area (Å²) in [6, 6.07) is 29.3. The number of aromatic nitrogens is 1. The van der Waals surface area contributed by atoms with Crippen LogP contribution < -0.4 is 0 Å². The molecule has 0 aliphatic carbocycles. The molecule has 1 aliphatic rings. The largest absolute Gasteiger partial charge is 0.343 e. The number of hydrogen-bond donors (Lipinski definition) is 0. The van der Waals surface area contributed by atoms with Crippen molar-refractivity contribution in [3.05, 3.63) is 95.6 Å². The van der Waals surface area contributed by atoms with Gasteiger partial charge in [0.15, 0.2) is 0 Å². The maximum Gasteiger partial charge on any atom is 0.0537 e. The van der Waals surface area contributed by atoms with E-state index in [4.69, 9.17) is 0 Å². The maximum absolute atomic E-state index is 2.68. The van der Waals surface area contributed by atoms with Crippen LogP contribution in [0.25, 0.3) is 22.2 Å². The standard InChI is InChI=1S/C27H28N2/c1-20-14-16-22(17-15-20)27-26(23-11-6-7-12-24(23)28(27)2)25-13-8-18-29(25)19-21-9-4-3-5-10-21/h3-7,9-12,14-17,25H,8,13,18-19H2,1-2H3. The van der Waals surface area contributed by atoms with Gasteiger partial charge in [0, 0.05) is 36.1 Å². The van der Waals surface area contributed by atoms with E-state index < -0.39 is 0 Å². The number of nitrogens with zero attached hydrogens (tertiary/aromatic N) is 2. The maximum atomic E-state index is 2.68. The van der Waals surface area contributed by atoms with E-state index in [0.717, 1.165) is 13.1 Å². The first-order valence-corrected chi connectivity index (χ1v) is 10.6. The van der Waals surface area contributed by atoms with Gasteiger partial charge in [-0.1, -0.05) is 78.4 Å². The topological polar surface area (TPSA) is 8.17 Å². The van der Waals surface area contributed by atoms with Crippen LogP contribution in [0.1, 0.15) is 35.6 Å². The van der Waals surface area contributed by atoms with Crippen molar-refractivity contribution >= 4 is 10.9 Å². The van der Waals surface area contributed by atoms with Crippen molar-refractivity contribution in [2.24, 2.45) is 7.05 Å². The van der Waals surface area contributed by atoms with Crippen molar-refractivity contribution in [2.75, 3.05) is 6.54 Å². The second-order valence-corrected chi connectivity index (χ2v) is 8.32. The van der Waals surface area contributed by atoms with Gasteiger partial charge in [-0.25, -0.2) is 0 Å². The van der Waals surface area contributed by atoms with Crippen LogP contribution in [0.15, 0.2) is 78.9 Å². The Morgan fingerprint density at radius 3 is 2.38 bits per heavy atom. The molecule has 0 spiro atoms. The molecule has 0 saturated carbocycles. The molecule has 4 aromatic rings. The van der Waals surface area contributed by atoms with Crippen LogP contribution in [-0.4, -0.2) is 16.0 Å². The van der Waals surface area contributed by atoms with E-state index in [-0.39, 0.29) is 0 Å². The lowest BCUT2D eigenvalue weighted by molar-refractivity contribution is 0.250. The van der Waals surface area contributed by atoms with Gasteiger partial charge < -0.3 is 4.57 Å². The minimum atomic E-state index is 0.456. The van der Waals surface area contributed by atoms with Gasteiger partial charge in [-0.2, -0.15) is 0 Å². The molecule has 1 aliphatic heterocycles. The quantitative estimate of drug-likeness (QED) is 0.393. The molecular formula is C27H28N2. The van der Waals surface area contributed by atoms with E-state index in [9.17, 15) is 0 Å². The van der Waals surface area contributed by atoms with Crippen LogP contribution in [0.5, 0.6) is 0 Å². The third kappa shape index (κ3) is 3.28. The molecule has 29 heavy (non-hydrogen) atoms. The first-order valence-electron chi connectivity index (χ1n) is 10.6. The van der Waals surface area contributed by atoms with Gasteiger partial charge in [-0.15, -0.1) is 0 Å². The summed E-state index contributed by atoms with van der Waals surface area (Å²) in [4.78, 5) is 2.68. The Labute approximate surface area is 173 Å². The number of hydrogen-bond acceptors (Lipinski definition) is 1. The smallest absolute Gasteiger partial charge is 0.0537 e. The molecule has 2 heterocycles. The molecule has 0 bridgehead atoms. The highest BCUT2D eigenvalue weighted by atomic mass is 15.2. The highest BCUT2D eigenvalue weighted by molar-refractivity contribution is 5.92. The van der Waals surface area contributed by atoms with E-state index in [1.165, 1.54) is 51.7 Å². The summed E-state index contributed by atoms with van der Waals surface area (Å²) >= 11 is 0. The van der Waals surface area contributed by atoms with Gasteiger partial charge >= 0.3 is 0 Å². The summed E-state index contributed by atoms with van der Waals surface area (Å²) in [7, 11) is 2.22. The van der Waals surface area contributed by atoms with Crippen molar-refractivity contribution in [2.45, 2.75) is 32.4 Å². The Kier molecular flexibility index (Phi) is 4.73. The van der Waals surface area contributed by atoms with Crippen LogP contribution in [-0.2, 0) is 13.6 Å². The highest BCUT2D eigenvalue weighted by Crippen LogP contribution is 2.43. The van der Waals surface area contributed by atoms with Crippen LogP contribution in [0.2, 0.25) is 0 Å². The van der Waals surface area contributed by atoms with E-state index in [0.29, 0.717) is 6.04 Å². The lowest BCUT2D eigenvalue weighted by Gasteiger charge is -2.26. The zero-order chi connectivity index (χ0) is 19.8. The Hall–Kier alpha value is -2.84. The summed E-state index contributed by atoms with van der Waals surface area (Å²) in [5.41, 5.74) is 8.22. The summed E-state index contributed by atoms with van der Waals surface area (Å²) < 4.78 is 2.40. The highest BCUT2D eigenvalue weighted by Gasteiger charge is 2.31. The zero-order valence-electron chi connectivity index (χ0n) is 17.3. The molecular weight excluding hydrogens is 352 g/mol. The normalized spacial score (nSPS) is 17.2. The third-order valence-electron chi connectivity index (χ3n) is 6.40. The Morgan fingerprint density at radius 2 is 1.59 bits per heavy atom. The molecule has 0 N–H and O–H groups in total. The molecule has 3 aromatic carbocycles. The fourth-order valence-corrected chi connectivity index (χ4v) is 4.98. The van der Waals surface area contributed by atoms with E-state index in [1.54, 1.807) is 0 Å². The van der Waals surface area contributed by atoms with Crippen molar-refractivity contribution in [3.63, 3.8) is 0 Å². The molecule has 1 fully saturated rings. The summed E-state index contributed by atoms with van der Waals surface area (Å²) in [5, 5.41) is 1.40. The molecule has 1 saturated heterocycles. The van der Waals surface area contributed by atoms with Crippen LogP contribution in [0, 0.1) is 6.92 Å². The van der Waals surface area contributed by atoms with Gasteiger partial charge in [0.25, 0.3) is 0 Å². The minimum absolute atomic E-state index is 0.456. The Balaban J connectivity index is 1.65. The average Bonchev–Trinajstić information content (AvgIpc) is 3.32. The molecule has 1 unspecified atom stereocenters. The van der Waals surface area contributed by atoms with Gasteiger partial charge in [0.1, 0.15) is 0 Å². The monoisotopic (exact) mass is 380 g/mol. The molecule has 1 aromatic heterocycles. The molecule has 1 atom stereocenters. The number of rotatable bonds is 4. The van der Waals surface area contributed by atoms with E-state index >= 15 is 0 Å². The van der Waals surface area contributed by atoms with Crippen LogP contribution in [0.4, 0.5) is 0 Å². The van der Waals surface area contributed by atoms with Gasteiger partial charge in [-0.3, -0.25) is 4.90 Å². The van der Waals surface area contributed by atoms with Crippen molar-refractivity contribution in [1.29, 1.82) is 0 Å². The van der Waals surface area contributed by atoms with Crippen molar-refractivity contribution in [1.82, 2.24) is 9.47 Å². The third-order valence-corrected chi connectivity index (χ3v) is 6.40. The summed E-state index contributed by atoms with van der Waals surface area (Å²) in [6.45, 7) is 4.34. The zero-order valence-corrected chi connectivity index (χ0v) is 17.3. The molecule has 0 amide bonds. The van der Waals surface area contributed by atoms with Gasteiger partial charge in [0.2, 0.25) is 0 Å². The van der Waals surface area contributed by atoms with Crippen molar-refractivity contribution in [3.8, 4) is 11.3 Å². The van der Waals surface area contributed by atoms with Crippen LogP contribution >= 0.6 is 0 Å². The van der Waals surface area contributed by atoms with Crippen LogP contribution in [0.3, 0.4) is 0 Å². The Bertz CT molecular complexity index is 1120. The Morgan fingerprint density at radius 1 is 0.862 bits per heavy atom. The molecule has 0 radical (unpaired) electrons. The number of para-hydroxylation sites is 1. The SMILES string of the molecule is Cc1ccc(-c2c(C3CCCN3Cc3ccccc3)c3ccccc3n2C)cc1.